The van der Waals surface area contributed by atoms with Crippen LogP contribution in [0.5, 0.6) is 0 Å². The molecule has 0 N–H and O–H groups in total. The third-order valence-electron chi connectivity index (χ3n) is 5.52. The number of hydrogen-bond acceptors (Lipinski definition) is 4. The molecule has 3 aromatic carbocycles. The number of esters is 1. The Kier molecular flexibility index (Phi) is 4.06. The molecule has 2 aliphatic heterocycles. The lowest BCUT2D eigenvalue weighted by Gasteiger charge is -2.24. The Bertz CT molecular complexity index is 1160. The molecule has 1 unspecified atom stereocenters. The highest BCUT2D eigenvalue weighted by atomic mass is 16.5. The summed E-state index contributed by atoms with van der Waals surface area (Å²) < 4.78 is 5.04. The van der Waals surface area contributed by atoms with Crippen molar-refractivity contribution in [3.8, 4) is 11.1 Å². The predicted octanol–water partition coefficient (Wildman–Crippen LogP) is 4.73. The van der Waals surface area contributed by atoms with Gasteiger partial charge in [0.1, 0.15) is 6.26 Å². The number of allylic oxidation sites excluding steroid dienone is 1. The van der Waals surface area contributed by atoms with Gasteiger partial charge >= 0.3 is 5.97 Å². The molecule has 0 spiro atoms. The molecule has 3 aromatic rings. The smallest absolute Gasteiger partial charge is 0.380 e. The number of nitrogens with zero attached hydrogens (tertiary/aromatic N) is 1. The van der Waals surface area contributed by atoms with Gasteiger partial charge in [-0.15, -0.1) is 0 Å². The molecule has 5 rings (SSSR count). The number of anilines is 1. The summed E-state index contributed by atoms with van der Waals surface area (Å²) in [5, 5.41) is 0. The zero-order valence-corrected chi connectivity index (χ0v) is 16.0. The van der Waals surface area contributed by atoms with Gasteiger partial charge < -0.3 is 9.64 Å². The van der Waals surface area contributed by atoms with Gasteiger partial charge in [-0.3, -0.25) is 4.79 Å². The molecule has 29 heavy (non-hydrogen) atoms. The van der Waals surface area contributed by atoms with Gasteiger partial charge in [-0.25, -0.2) is 4.79 Å². The number of Topliss-reactive ketones (excluding diaryl/α,β-unsaturated/α-hetero) is 1. The quantitative estimate of drug-likeness (QED) is 0.486. The Hall–Kier alpha value is -3.66. The van der Waals surface area contributed by atoms with Gasteiger partial charge in [-0.2, -0.15) is 0 Å². The second-order valence-corrected chi connectivity index (χ2v) is 7.46. The van der Waals surface area contributed by atoms with Gasteiger partial charge in [0.2, 0.25) is 0 Å². The predicted molar refractivity (Wildman–Crippen MR) is 111 cm³/mol. The number of rotatable bonds is 3. The van der Waals surface area contributed by atoms with Crippen LogP contribution >= 0.6 is 0 Å². The fraction of sp³-hybridized carbons (Fsp3) is 0.120. The van der Waals surface area contributed by atoms with Crippen LogP contribution in [0.4, 0.5) is 5.69 Å². The molecule has 0 radical (unpaired) electrons. The Balaban J connectivity index is 1.63. The fourth-order valence-electron chi connectivity index (χ4n) is 4.13. The van der Waals surface area contributed by atoms with Crippen LogP contribution in [-0.4, -0.2) is 11.8 Å². The molecule has 1 atom stereocenters. The van der Waals surface area contributed by atoms with Crippen molar-refractivity contribution in [2.24, 2.45) is 0 Å². The number of ketones is 1. The molecular weight excluding hydrogens is 362 g/mol. The summed E-state index contributed by atoms with van der Waals surface area (Å²) in [5.41, 5.74) is 6.92. The molecular formula is C25H19NO3. The van der Waals surface area contributed by atoms with E-state index in [1.165, 1.54) is 11.8 Å². The summed E-state index contributed by atoms with van der Waals surface area (Å²) in [7, 11) is 0. The summed E-state index contributed by atoms with van der Waals surface area (Å²) >= 11 is 0. The van der Waals surface area contributed by atoms with Crippen molar-refractivity contribution in [2.45, 2.75) is 19.4 Å². The number of benzene rings is 3. The van der Waals surface area contributed by atoms with E-state index in [0.29, 0.717) is 6.54 Å². The largest absolute Gasteiger partial charge is 0.427 e. The molecule has 0 saturated heterocycles. The summed E-state index contributed by atoms with van der Waals surface area (Å²) in [6.45, 7) is 2.66. The molecule has 4 heteroatoms. The lowest BCUT2D eigenvalue weighted by molar-refractivity contribution is -0.151. The zero-order valence-electron chi connectivity index (χ0n) is 16.0. The Morgan fingerprint density at radius 1 is 0.897 bits per heavy atom. The molecule has 0 amide bonds. The van der Waals surface area contributed by atoms with Crippen molar-refractivity contribution >= 4 is 17.4 Å². The molecule has 142 valence electrons. The van der Waals surface area contributed by atoms with Crippen molar-refractivity contribution in [2.75, 3.05) is 4.90 Å². The number of carbonyl (C=O) groups is 2. The van der Waals surface area contributed by atoms with E-state index in [1.54, 1.807) is 0 Å². The SMILES string of the molecule is Cc1cccc(-c2ccc3c(c2)C2C(=O)C(=O)OC=C2N3Cc2ccccc2)c1. The molecule has 2 heterocycles. The van der Waals surface area contributed by atoms with Gasteiger partial charge in [-0.1, -0.05) is 66.2 Å². The number of aryl methyl sites for hydroxylation is 1. The number of ether oxygens (including phenoxy) is 1. The first kappa shape index (κ1) is 17.4. The van der Waals surface area contributed by atoms with Gasteiger partial charge in [0, 0.05) is 12.2 Å². The van der Waals surface area contributed by atoms with Crippen LogP contribution in [0.2, 0.25) is 0 Å². The van der Waals surface area contributed by atoms with Gasteiger partial charge in [0.25, 0.3) is 5.78 Å². The highest BCUT2D eigenvalue weighted by molar-refractivity contribution is 6.38. The molecule has 4 nitrogen and oxygen atoms in total. The van der Waals surface area contributed by atoms with Crippen LogP contribution in [0.15, 0.2) is 84.8 Å². The maximum atomic E-state index is 12.7. The first-order valence-corrected chi connectivity index (χ1v) is 9.59. The lowest BCUT2D eigenvalue weighted by Crippen LogP contribution is -2.31. The molecule has 2 aliphatic rings. The Morgan fingerprint density at radius 3 is 2.48 bits per heavy atom. The summed E-state index contributed by atoms with van der Waals surface area (Å²) in [5.74, 6) is -1.92. The van der Waals surface area contributed by atoms with E-state index in [1.807, 2.05) is 48.5 Å². The molecule has 0 aromatic heterocycles. The van der Waals surface area contributed by atoms with Crippen LogP contribution in [0, 0.1) is 6.92 Å². The average Bonchev–Trinajstić information content (AvgIpc) is 3.05. The Morgan fingerprint density at radius 2 is 1.69 bits per heavy atom. The van der Waals surface area contributed by atoms with E-state index in [-0.39, 0.29) is 0 Å². The minimum Gasteiger partial charge on any atom is -0.427 e. The van der Waals surface area contributed by atoms with Crippen LogP contribution in [-0.2, 0) is 20.9 Å². The zero-order chi connectivity index (χ0) is 20.0. The maximum absolute atomic E-state index is 12.7. The van der Waals surface area contributed by atoms with E-state index in [2.05, 4.69) is 36.1 Å². The number of cyclic esters (lactones) is 1. The van der Waals surface area contributed by atoms with E-state index in [0.717, 1.165) is 33.6 Å². The lowest BCUT2D eigenvalue weighted by atomic mass is 9.91. The average molecular weight is 381 g/mol. The first-order valence-electron chi connectivity index (χ1n) is 9.59. The second-order valence-electron chi connectivity index (χ2n) is 7.46. The highest BCUT2D eigenvalue weighted by Gasteiger charge is 2.44. The van der Waals surface area contributed by atoms with Gasteiger partial charge in [0.05, 0.1) is 11.6 Å². The van der Waals surface area contributed by atoms with Crippen LogP contribution in [0.25, 0.3) is 11.1 Å². The summed E-state index contributed by atoms with van der Waals surface area (Å²) in [6.07, 6.45) is 1.43. The van der Waals surface area contributed by atoms with Crippen molar-refractivity contribution < 1.29 is 14.3 Å². The maximum Gasteiger partial charge on any atom is 0.380 e. The number of carbonyl (C=O) groups excluding carboxylic acids is 2. The van der Waals surface area contributed by atoms with Gasteiger partial charge in [-0.05, 0) is 41.3 Å². The minimum atomic E-state index is -0.799. The normalized spacial score (nSPS) is 17.5. The summed E-state index contributed by atoms with van der Waals surface area (Å²) in [6, 6.07) is 24.4. The van der Waals surface area contributed by atoms with Crippen molar-refractivity contribution in [3.63, 3.8) is 0 Å². The topological polar surface area (TPSA) is 46.6 Å². The van der Waals surface area contributed by atoms with E-state index in [4.69, 9.17) is 4.74 Å². The number of hydrogen-bond donors (Lipinski definition) is 0. The third-order valence-corrected chi connectivity index (χ3v) is 5.52. The Labute approximate surface area is 169 Å². The molecule has 0 fully saturated rings. The summed E-state index contributed by atoms with van der Waals surface area (Å²) in [4.78, 5) is 26.8. The monoisotopic (exact) mass is 381 g/mol. The van der Waals surface area contributed by atoms with Crippen LogP contribution in [0.3, 0.4) is 0 Å². The highest BCUT2D eigenvalue weighted by Crippen LogP contribution is 2.47. The third kappa shape index (κ3) is 2.93. The standard InChI is InChI=1S/C25H19NO3/c1-16-6-5-9-18(12-16)19-10-11-21-20(13-19)23-22(15-29-25(28)24(23)27)26(21)14-17-7-3-2-4-8-17/h2-13,15,23H,14H2,1H3. The van der Waals surface area contributed by atoms with Crippen molar-refractivity contribution in [3.05, 3.63) is 101 Å². The second kappa shape index (κ2) is 6.74. The van der Waals surface area contributed by atoms with E-state index < -0.39 is 17.7 Å². The van der Waals surface area contributed by atoms with Crippen LogP contribution < -0.4 is 4.90 Å². The van der Waals surface area contributed by atoms with E-state index in [9.17, 15) is 9.59 Å². The fourth-order valence-corrected chi connectivity index (χ4v) is 4.13. The number of fused-ring (bicyclic) bond motifs is 3. The minimum absolute atomic E-state index is 0.513. The van der Waals surface area contributed by atoms with Gasteiger partial charge in [0.15, 0.2) is 0 Å². The van der Waals surface area contributed by atoms with Crippen molar-refractivity contribution in [1.29, 1.82) is 0 Å². The van der Waals surface area contributed by atoms with Crippen molar-refractivity contribution in [1.82, 2.24) is 0 Å². The molecule has 0 aliphatic carbocycles. The molecule has 0 bridgehead atoms. The molecule has 0 saturated carbocycles. The van der Waals surface area contributed by atoms with E-state index >= 15 is 0 Å². The van der Waals surface area contributed by atoms with Crippen LogP contribution in [0.1, 0.15) is 22.6 Å². The first-order chi connectivity index (χ1) is 14.1.